The molecule has 0 aromatic heterocycles. The number of benzene rings is 1. The first kappa shape index (κ1) is 13.2. The summed E-state index contributed by atoms with van der Waals surface area (Å²) < 4.78 is 22.7. The predicted molar refractivity (Wildman–Crippen MR) is 69.3 cm³/mol. The molecule has 0 unspecified atom stereocenters. The lowest BCUT2D eigenvalue weighted by Crippen LogP contribution is -2.41. The number of anilines is 1. The van der Waals surface area contributed by atoms with Gasteiger partial charge in [0, 0.05) is 13.1 Å². The Morgan fingerprint density at radius 2 is 1.89 bits per heavy atom. The molecule has 1 aliphatic heterocycles. The molecule has 0 aliphatic carbocycles. The summed E-state index contributed by atoms with van der Waals surface area (Å²) in [6.45, 7) is 0.589. The van der Waals surface area contributed by atoms with Gasteiger partial charge in [-0.3, -0.25) is 0 Å². The minimum absolute atomic E-state index is 0.0264. The third-order valence-corrected chi connectivity index (χ3v) is 4.81. The molecule has 1 heterocycles. The maximum atomic E-state index is 11.3. The topological polar surface area (TPSA) is 74.7 Å². The number of rotatable bonds is 2. The van der Waals surface area contributed by atoms with Gasteiger partial charge in [-0.05, 0) is 12.1 Å². The Balaban J connectivity index is 2.35. The Hall–Kier alpha value is -1.27. The van der Waals surface area contributed by atoms with Crippen LogP contribution in [0.5, 0.6) is 0 Å². The number of carbonyl (C=O) groups is 1. The fraction of sp³-hybridized carbons (Fsp3) is 0.364. The highest BCUT2D eigenvalue weighted by Gasteiger charge is 2.25. The van der Waals surface area contributed by atoms with Crippen LogP contribution in [-0.4, -0.2) is 44.1 Å². The van der Waals surface area contributed by atoms with Crippen molar-refractivity contribution >= 4 is 33.1 Å². The van der Waals surface area contributed by atoms with Crippen LogP contribution in [0.4, 0.5) is 5.69 Å². The van der Waals surface area contributed by atoms with Gasteiger partial charge in [0.15, 0.2) is 9.84 Å². The first-order chi connectivity index (χ1) is 8.41. The average Bonchev–Trinajstić information content (AvgIpc) is 2.28. The summed E-state index contributed by atoms with van der Waals surface area (Å²) in [7, 11) is -2.99. The molecular formula is C11H12ClNO4S. The van der Waals surface area contributed by atoms with Crippen LogP contribution in [0.3, 0.4) is 0 Å². The van der Waals surface area contributed by atoms with Gasteiger partial charge in [-0.1, -0.05) is 17.7 Å². The molecule has 1 fully saturated rings. The van der Waals surface area contributed by atoms with Gasteiger partial charge in [0.25, 0.3) is 0 Å². The lowest BCUT2D eigenvalue weighted by molar-refractivity contribution is 0.0697. The summed E-state index contributed by atoms with van der Waals surface area (Å²) in [5.41, 5.74) is 0.503. The van der Waals surface area contributed by atoms with Gasteiger partial charge < -0.3 is 10.0 Å². The molecule has 1 saturated heterocycles. The zero-order valence-electron chi connectivity index (χ0n) is 9.47. The molecule has 0 atom stereocenters. The smallest absolute Gasteiger partial charge is 0.339 e. The van der Waals surface area contributed by atoms with Gasteiger partial charge in [0.1, 0.15) is 5.56 Å². The van der Waals surface area contributed by atoms with Crippen LogP contribution in [0.1, 0.15) is 10.4 Å². The third-order valence-electron chi connectivity index (χ3n) is 2.89. The molecule has 0 spiro atoms. The lowest BCUT2D eigenvalue weighted by Gasteiger charge is -2.30. The van der Waals surface area contributed by atoms with E-state index in [-0.39, 0.29) is 22.1 Å². The largest absolute Gasteiger partial charge is 0.478 e. The Morgan fingerprint density at radius 3 is 2.44 bits per heavy atom. The second-order valence-electron chi connectivity index (χ2n) is 4.08. The fourth-order valence-corrected chi connectivity index (χ4v) is 3.39. The van der Waals surface area contributed by atoms with Crippen LogP contribution in [0.15, 0.2) is 18.2 Å². The molecule has 98 valence electrons. The number of halogens is 1. The summed E-state index contributed by atoms with van der Waals surface area (Å²) in [4.78, 5) is 12.9. The van der Waals surface area contributed by atoms with Gasteiger partial charge in [0.05, 0.1) is 22.2 Å². The molecule has 1 aliphatic rings. The van der Waals surface area contributed by atoms with Crippen LogP contribution in [0, 0.1) is 0 Å². The Labute approximate surface area is 110 Å². The SMILES string of the molecule is O=C(O)c1c(Cl)cccc1N1CCS(=O)(=O)CC1. The number of nitrogens with zero attached hydrogens (tertiary/aromatic N) is 1. The highest BCUT2D eigenvalue weighted by atomic mass is 35.5. The molecule has 0 bridgehead atoms. The maximum absolute atomic E-state index is 11.3. The van der Waals surface area contributed by atoms with Crippen LogP contribution in [0.2, 0.25) is 5.02 Å². The van der Waals surface area contributed by atoms with Gasteiger partial charge in [-0.2, -0.15) is 0 Å². The van der Waals surface area contributed by atoms with Gasteiger partial charge in [-0.25, -0.2) is 13.2 Å². The van der Waals surface area contributed by atoms with Crippen LogP contribution in [-0.2, 0) is 9.84 Å². The minimum atomic E-state index is -2.99. The number of hydrogen-bond donors (Lipinski definition) is 1. The van der Waals surface area contributed by atoms with E-state index in [9.17, 15) is 13.2 Å². The molecule has 0 radical (unpaired) electrons. The Morgan fingerprint density at radius 1 is 1.28 bits per heavy atom. The first-order valence-corrected chi connectivity index (χ1v) is 7.58. The Kier molecular flexibility index (Phi) is 3.49. The second kappa shape index (κ2) is 4.78. The van der Waals surface area contributed by atoms with E-state index in [0.717, 1.165) is 0 Å². The monoisotopic (exact) mass is 289 g/mol. The second-order valence-corrected chi connectivity index (χ2v) is 6.79. The van der Waals surface area contributed by atoms with Crippen molar-refractivity contribution in [3.05, 3.63) is 28.8 Å². The normalized spacial score (nSPS) is 18.6. The van der Waals surface area contributed by atoms with Crippen molar-refractivity contribution in [2.24, 2.45) is 0 Å². The minimum Gasteiger partial charge on any atom is -0.478 e. The highest BCUT2D eigenvalue weighted by molar-refractivity contribution is 7.91. The fourth-order valence-electron chi connectivity index (χ4n) is 1.94. The summed E-state index contributed by atoms with van der Waals surface area (Å²) in [6, 6.07) is 4.82. The van der Waals surface area contributed by atoms with Crippen molar-refractivity contribution in [1.82, 2.24) is 0 Å². The number of carboxylic acid groups (broad SMARTS) is 1. The predicted octanol–water partition coefficient (Wildman–Crippen LogP) is 1.27. The van der Waals surface area contributed by atoms with Crippen molar-refractivity contribution < 1.29 is 18.3 Å². The molecule has 1 aromatic rings. The van der Waals surface area contributed by atoms with Gasteiger partial charge in [0.2, 0.25) is 0 Å². The van der Waals surface area contributed by atoms with E-state index in [1.54, 1.807) is 17.0 Å². The number of aromatic carboxylic acids is 1. The highest BCUT2D eigenvalue weighted by Crippen LogP contribution is 2.28. The van der Waals surface area contributed by atoms with E-state index in [4.69, 9.17) is 16.7 Å². The molecule has 1 aromatic carbocycles. The summed E-state index contributed by atoms with van der Waals surface area (Å²) >= 11 is 5.87. The van der Waals surface area contributed by atoms with E-state index in [2.05, 4.69) is 0 Å². The van der Waals surface area contributed by atoms with E-state index in [1.165, 1.54) is 6.07 Å². The number of sulfone groups is 1. The van der Waals surface area contributed by atoms with Gasteiger partial charge in [-0.15, -0.1) is 0 Å². The Bertz CT molecular complexity index is 571. The zero-order valence-corrected chi connectivity index (χ0v) is 11.0. The summed E-state index contributed by atoms with van der Waals surface area (Å²) in [5, 5.41) is 9.31. The quantitative estimate of drug-likeness (QED) is 0.887. The zero-order chi connectivity index (χ0) is 13.3. The van der Waals surface area contributed by atoms with E-state index in [1.807, 2.05) is 0 Å². The average molecular weight is 290 g/mol. The van der Waals surface area contributed by atoms with Crippen molar-refractivity contribution in [3.63, 3.8) is 0 Å². The molecule has 1 N–H and O–H groups in total. The maximum Gasteiger partial charge on any atom is 0.339 e. The van der Waals surface area contributed by atoms with E-state index < -0.39 is 15.8 Å². The lowest BCUT2D eigenvalue weighted by atomic mass is 10.1. The molecule has 0 amide bonds. The van der Waals surface area contributed by atoms with Crippen LogP contribution < -0.4 is 4.90 Å². The first-order valence-electron chi connectivity index (χ1n) is 5.38. The summed E-state index contributed by atoms with van der Waals surface area (Å²) in [5.74, 6) is -1.03. The van der Waals surface area contributed by atoms with Crippen molar-refractivity contribution in [2.75, 3.05) is 29.5 Å². The molecule has 5 nitrogen and oxygen atoms in total. The standard InChI is InChI=1S/C11H12ClNO4S/c12-8-2-1-3-9(10(8)11(14)15)13-4-6-18(16,17)7-5-13/h1-3H,4-7H2,(H,14,15). The number of carboxylic acids is 1. The molecule has 7 heteroatoms. The molecule has 0 saturated carbocycles. The van der Waals surface area contributed by atoms with Crippen molar-refractivity contribution in [2.45, 2.75) is 0 Å². The van der Waals surface area contributed by atoms with Crippen LogP contribution in [0.25, 0.3) is 0 Å². The van der Waals surface area contributed by atoms with Crippen molar-refractivity contribution in [1.29, 1.82) is 0 Å². The van der Waals surface area contributed by atoms with E-state index >= 15 is 0 Å². The molecule has 18 heavy (non-hydrogen) atoms. The molecular weight excluding hydrogens is 278 g/mol. The molecule has 2 rings (SSSR count). The van der Waals surface area contributed by atoms with Gasteiger partial charge >= 0.3 is 5.97 Å². The summed E-state index contributed by atoms with van der Waals surface area (Å²) in [6.07, 6.45) is 0. The number of hydrogen-bond acceptors (Lipinski definition) is 4. The van der Waals surface area contributed by atoms with Crippen LogP contribution >= 0.6 is 11.6 Å². The van der Waals surface area contributed by atoms with Crippen molar-refractivity contribution in [3.8, 4) is 0 Å². The third kappa shape index (κ3) is 2.59. The van der Waals surface area contributed by atoms with E-state index in [0.29, 0.717) is 18.8 Å².